The van der Waals surface area contributed by atoms with Gasteiger partial charge in [0.2, 0.25) is 5.91 Å². The van der Waals surface area contributed by atoms with Gasteiger partial charge in [-0.2, -0.15) is 5.26 Å². The molecule has 1 saturated carbocycles. The van der Waals surface area contributed by atoms with E-state index in [2.05, 4.69) is 30.5 Å². The van der Waals surface area contributed by atoms with Crippen molar-refractivity contribution in [1.82, 2.24) is 0 Å². The molecule has 3 heteroatoms. The number of hydrogen-bond donors (Lipinski definition) is 1. The largest absolute Gasteiger partial charge is 0.326 e. The summed E-state index contributed by atoms with van der Waals surface area (Å²) in [5, 5.41) is 11.7. The summed E-state index contributed by atoms with van der Waals surface area (Å²) in [5.41, 5.74) is 1.08. The third kappa shape index (κ3) is 1.94. The normalized spacial score (nSPS) is 31.2. The van der Waals surface area contributed by atoms with Gasteiger partial charge < -0.3 is 5.32 Å². The zero-order chi connectivity index (χ0) is 13.5. The number of hydrogen-bond acceptors (Lipinski definition) is 2. The highest BCUT2D eigenvalue weighted by atomic mass is 16.2. The molecule has 0 aromatic heterocycles. The second-order valence-corrected chi connectivity index (χ2v) is 5.75. The number of rotatable bonds is 2. The van der Waals surface area contributed by atoms with Crippen molar-refractivity contribution in [1.29, 1.82) is 5.26 Å². The molecule has 1 fully saturated rings. The Morgan fingerprint density at radius 3 is 2.63 bits per heavy atom. The lowest BCUT2D eigenvalue weighted by molar-refractivity contribution is -0.126. The van der Waals surface area contributed by atoms with Crippen LogP contribution in [0, 0.1) is 28.6 Å². The van der Waals surface area contributed by atoms with Crippen LogP contribution in [0.15, 0.2) is 36.4 Å². The number of carbonyl (C=O) groups excluding carboxylic acids is 1. The molecule has 2 aliphatic rings. The summed E-state index contributed by atoms with van der Waals surface area (Å²) in [6.45, 7) is 2.06. The number of carbonyl (C=O) groups is 1. The first-order chi connectivity index (χ1) is 9.11. The highest BCUT2D eigenvalue weighted by Crippen LogP contribution is 2.52. The molecule has 0 heterocycles. The van der Waals surface area contributed by atoms with Crippen molar-refractivity contribution in [3.8, 4) is 6.07 Å². The summed E-state index contributed by atoms with van der Waals surface area (Å²) in [6.07, 6.45) is 6.47. The molecule has 96 valence electrons. The lowest BCUT2D eigenvalue weighted by Crippen LogP contribution is -2.36. The minimum absolute atomic E-state index is 0.0917. The molecule has 1 amide bonds. The first-order valence-corrected chi connectivity index (χ1v) is 6.62. The topological polar surface area (TPSA) is 52.9 Å². The van der Waals surface area contributed by atoms with Crippen molar-refractivity contribution in [2.75, 3.05) is 5.32 Å². The quantitative estimate of drug-likeness (QED) is 0.822. The van der Waals surface area contributed by atoms with Gasteiger partial charge in [0, 0.05) is 5.69 Å². The number of nitriles is 1. The van der Waals surface area contributed by atoms with Gasteiger partial charge >= 0.3 is 0 Å². The van der Waals surface area contributed by atoms with Crippen LogP contribution in [0.1, 0.15) is 25.3 Å². The van der Waals surface area contributed by atoms with E-state index in [0.29, 0.717) is 17.4 Å². The Morgan fingerprint density at radius 1 is 1.37 bits per heavy atom. The molecular weight excluding hydrogens is 236 g/mol. The molecule has 2 aliphatic carbocycles. The lowest BCUT2D eigenvalue weighted by Gasteiger charge is -2.29. The van der Waals surface area contributed by atoms with Crippen molar-refractivity contribution in [2.45, 2.75) is 19.8 Å². The SMILES string of the molecule is CC1(C(=O)Nc2ccc(C#N)cc2)C[C@@H]2C=C[C@@H]1C2. The molecule has 1 aromatic carbocycles. The second kappa shape index (κ2) is 4.24. The number of nitrogens with zero attached hydrogens (tertiary/aromatic N) is 1. The van der Waals surface area contributed by atoms with Crippen molar-refractivity contribution >= 4 is 11.6 Å². The van der Waals surface area contributed by atoms with Crippen LogP contribution in [0.2, 0.25) is 0 Å². The minimum atomic E-state index is -0.284. The molecular formula is C16H16N2O. The number of allylic oxidation sites excluding steroid dienone is 2. The minimum Gasteiger partial charge on any atom is -0.326 e. The molecule has 3 atom stereocenters. The molecule has 1 unspecified atom stereocenters. The number of amides is 1. The van der Waals surface area contributed by atoms with Crippen LogP contribution in [0.5, 0.6) is 0 Å². The van der Waals surface area contributed by atoms with Crippen LogP contribution in [0.4, 0.5) is 5.69 Å². The van der Waals surface area contributed by atoms with Gasteiger partial charge in [-0.1, -0.05) is 19.1 Å². The van der Waals surface area contributed by atoms with E-state index >= 15 is 0 Å². The van der Waals surface area contributed by atoms with Crippen LogP contribution in [0.3, 0.4) is 0 Å². The van der Waals surface area contributed by atoms with Crippen LogP contribution in [-0.2, 0) is 4.79 Å². The van der Waals surface area contributed by atoms with E-state index < -0.39 is 0 Å². The lowest BCUT2D eigenvalue weighted by atomic mass is 9.77. The van der Waals surface area contributed by atoms with E-state index in [-0.39, 0.29) is 11.3 Å². The fourth-order valence-corrected chi connectivity index (χ4v) is 3.26. The van der Waals surface area contributed by atoms with E-state index in [0.717, 1.165) is 18.5 Å². The number of nitrogens with one attached hydrogen (secondary N) is 1. The molecule has 1 aromatic rings. The predicted octanol–water partition coefficient (Wildman–Crippen LogP) is 3.10. The van der Waals surface area contributed by atoms with Crippen molar-refractivity contribution in [2.24, 2.45) is 17.3 Å². The summed E-state index contributed by atoms with van der Waals surface area (Å²) < 4.78 is 0. The van der Waals surface area contributed by atoms with Gasteiger partial charge in [-0.05, 0) is 48.9 Å². The van der Waals surface area contributed by atoms with Crippen LogP contribution < -0.4 is 5.32 Å². The second-order valence-electron chi connectivity index (χ2n) is 5.75. The fourth-order valence-electron chi connectivity index (χ4n) is 3.26. The fraction of sp³-hybridized carbons (Fsp3) is 0.375. The van der Waals surface area contributed by atoms with Crippen LogP contribution >= 0.6 is 0 Å². The first-order valence-electron chi connectivity index (χ1n) is 6.62. The molecule has 1 N–H and O–H groups in total. The molecule has 3 nitrogen and oxygen atoms in total. The van der Waals surface area contributed by atoms with Gasteiger partial charge in [0.05, 0.1) is 17.0 Å². The average Bonchev–Trinajstić information content (AvgIpc) is 3.00. The number of fused-ring (bicyclic) bond motifs is 2. The third-order valence-corrected chi connectivity index (χ3v) is 4.47. The standard InChI is InChI=1S/C16H16N2O/c1-16(9-12-2-5-13(16)8-12)15(19)18-14-6-3-11(10-17)4-7-14/h2-7,12-13H,8-9H2,1H3,(H,18,19)/t12-,13-,16?/m1/s1. The Hall–Kier alpha value is -2.08. The molecule has 19 heavy (non-hydrogen) atoms. The Kier molecular flexibility index (Phi) is 2.67. The highest BCUT2D eigenvalue weighted by molar-refractivity contribution is 5.96. The third-order valence-electron chi connectivity index (χ3n) is 4.47. The molecule has 2 bridgehead atoms. The summed E-state index contributed by atoms with van der Waals surface area (Å²) in [7, 11) is 0. The van der Waals surface area contributed by atoms with Crippen molar-refractivity contribution < 1.29 is 4.79 Å². The predicted molar refractivity (Wildman–Crippen MR) is 73.2 cm³/mol. The van der Waals surface area contributed by atoms with Gasteiger partial charge in [-0.15, -0.1) is 0 Å². The number of benzene rings is 1. The highest BCUT2D eigenvalue weighted by Gasteiger charge is 2.49. The first kappa shape index (κ1) is 12.0. The Morgan fingerprint density at radius 2 is 2.11 bits per heavy atom. The van der Waals surface area contributed by atoms with Crippen LogP contribution in [0.25, 0.3) is 0 Å². The monoisotopic (exact) mass is 252 g/mol. The van der Waals surface area contributed by atoms with E-state index in [1.54, 1.807) is 24.3 Å². The number of anilines is 1. The van der Waals surface area contributed by atoms with Gasteiger partial charge in [-0.25, -0.2) is 0 Å². The summed E-state index contributed by atoms with van der Waals surface area (Å²) in [5.74, 6) is 1.03. The molecule has 0 aliphatic heterocycles. The molecule has 0 radical (unpaired) electrons. The maximum Gasteiger partial charge on any atom is 0.230 e. The van der Waals surface area contributed by atoms with Gasteiger partial charge in [0.25, 0.3) is 0 Å². The Balaban J connectivity index is 1.75. The average molecular weight is 252 g/mol. The Labute approximate surface area is 112 Å². The molecule has 3 rings (SSSR count). The summed E-state index contributed by atoms with van der Waals surface area (Å²) in [4.78, 5) is 12.5. The van der Waals surface area contributed by atoms with Gasteiger partial charge in [-0.3, -0.25) is 4.79 Å². The summed E-state index contributed by atoms with van der Waals surface area (Å²) in [6, 6.07) is 9.07. The van der Waals surface area contributed by atoms with Gasteiger partial charge in [0.1, 0.15) is 0 Å². The maximum absolute atomic E-state index is 12.5. The van der Waals surface area contributed by atoms with E-state index in [1.807, 2.05) is 0 Å². The molecule has 0 saturated heterocycles. The van der Waals surface area contributed by atoms with Crippen molar-refractivity contribution in [3.63, 3.8) is 0 Å². The van der Waals surface area contributed by atoms with E-state index in [1.165, 1.54) is 0 Å². The Bertz CT molecular complexity index is 582. The summed E-state index contributed by atoms with van der Waals surface area (Å²) >= 11 is 0. The van der Waals surface area contributed by atoms with E-state index in [4.69, 9.17) is 5.26 Å². The molecule has 0 spiro atoms. The smallest absolute Gasteiger partial charge is 0.230 e. The van der Waals surface area contributed by atoms with Gasteiger partial charge in [0.15, 0.2) is 0 Å². The van der Waals surface area contributed by atoms with E-state index in [9.17, 15) is 4.79 Å². The zero-order valence-corrected chi connectivity index (χ0v) is 10.9. The van der Waals surface area contributed by atoms with Crippen LogP contribution in [-0.4, -0.2) is 5.91 Å². The van der Waals surface area contributed by atoms with Crippen molar-refractivity contribution in [3.05, 3.63) is 42.0 Å². The maximum atomic E-state index is 12.5. The zero-order valence-electron chi connectivity index (χ0n) is 10.9.